The van der Waals surface area contributed by atoms with Gasteiger partial charge >= 0.3 is 11.9 Å². The summed E-state index contributed by atoms with van der Waals surface area (Å²) in [5.74, 6) is -3.02. The van der Waals surface area contributed by atoms with E-state index in [1.165, 1.54) is 38.9 Å². The SMILES string of the molecule is C=Cc1cc2[nH]c1/C=C1/CC(CC)C(=N1)C=c1cc3c([nH]1)=C(C1=NC(C(CCC(=O)Oc4ccc(/C=C/C(=O)CC(=O)/C=C/c5ccc(OC(=O)CCC6CC7N=C6C6=C8N=C(/C=C9\N/C(=C\c%10[nH]c(cc%10CC)C7C)CC9CC)CC8C(=O)C6OC)c(OC)c5)cc4OC)C1)C2C)C(C(C)=O)C3=O. The second kappa shape index (κ2) is 29.3. The maximum atomic E-state index is 14.2. The van der Waals surface area contributed by atoms with E-state index in [0.29, 0.717) is 77.0 Å². The van der Waals surface area contributed by atoms with Crippen molar-refractivity contribution >= 4 is 106 Å². The molecule has 11 atom stereocenters. The van der Waals surface area contributed by atoms with Gasteiger partial charge in [0.25, 0.3) is 0 Å². The van der Waals surface area contributed by atoms with Crippen LogP contribution >= 0.6 is 0 Å². The van der Waals surface area contributed by atoms with E-state index in [-0.39, 0.29) is 94.9 Å². The molecule has 9 aliphatic rings. The van der Waals surface area contributed by atoms with Crippen molar-refractivity contribution in [2.24, 2.45) is 55.5 Å². The number of aromatic nitrogens is 3. The number of ketones is 5. The molecule has 5 aromatic rings. The second-order valence-electron chi connectivity index (χ2n) is 28.9. The van der Waals surface area contributed by atoms with E-state index in [1.807, 2.05) is 18.2 Å². The standard InChI is InChI=1S/C84H88N8O12/c1-11-47-30-54-38-67-50(14-4)32-63(90-67)43(6)78-51(34-68(92-78)76-75(44(7)93)82(98)59-35-55(87-80(59)76)39-64(47)86-54)19-25-73(96)103-69-23-17-45(27-71(69)100-8)15-21-57(94)41-58(95)22-16-46-18-24-70(72(28-46)101-9)104-74(97)26-20-52-33-62-42(5)61-31-49(13-3)66(89-61)37-53-29-48(12-2)65(85-53)40-56-36-60-81(88-56)77(79(52)91-62)84(102-10)83(60)99/h14-18,21-24,27-28,31-32,35,37-40,42-43,47-48,51-52,60,62,75,78,84-85,87,89-90H,4,11-13,19-20,25-26,29-30,33-34,36,41H2,1-3,5-10H3/b21-15+,22-16+,53-37-,54-38-,55-39?,65-40-. The van der Waals surface area contributed by atoms with Crippen LogP contribution in [0.3, 0.4) is 0 Å². The molecule has 1 fully saturated rings. The molecule has 0 amide bonds. The molecule has 0 radical (unpaired) electrons. The van der Waals surface area contributed by atoms with Crippen LogP contribution in [-0.4, -0.2) is 118 Å². The number of carbonyl (C=O) groups is 7. The van der Waals surface area contributed by atoms with Gasteiger partial charge in [-0.2, -0.15) is 0 Å². The van der Waals surface area contributed by atoms with Crippen LogP contribution in [-0.2, 0) is 39.9 Å². The number of nitrogens with one attached hydrogen (secondary N) is 4. The highest BCUT2D eigenvalue weighted by atomic mass is 16.6. The Morgan fingerprint density at radius 2 is 1.37 bits per heavy atom. The summed E-state index contributed by atoms with van der Waals surface area (Å²) >= 11 is 0. The van der Waals surface area contributed by atoms with E-state index in [1.54, 1.807) is 55.7 Å². The van der Waals surface area contributed by atoms with E-state index in [2.05, 4.69) is 91.8 Å². The van der Waals surface area contributed by atoms with Crippen molar-refractivity contribution in [2.45, 2.75) is 155 Å². The van der Waals surface area contributed by atoms with Crippen LogP contribution in [0.15, 0.2) is 128 Å². The number of aryl methyl sites for hydroxylation is 1. The smallest absolute Gasteiger partial charge is 0.311 e. The number of esters is 2. The van der Waals surface area contributed by atoms with E-state index in [0.717, 1.165) is 106 Å². The molecule has 10 heterocycles. The Balaban J connectivity index is 0.599. The largest absolute Gasteiger partial charge is 0.493 e. The lowest BCUT2D eigenvalue weighted by atomic mass is 9.83. The molecular formula is C84H88N8O12. The zero-order chi connectivity index (χ0) is 72.9. The number of aromatic amines is 3. The van der Waals surface area contributed by atoms with Gasteiger partial charge in [-0.05, 0) is 172 Å². The molecule has 104 heavy (non-hydrogen) atoms. The Bertz CT molecular complexity index is 4930. The van der Waals surface area contributed by atoms with Crippen molar-refractivity contribution in [3.8, 4) is 23.0 Å². The lowest BCUT2D eigenvalue weighted by Gasteiger charge is -2.23. The molecule has 1 saturated heterocycles. The first-order valence-corrected chi connectivity index (χ1v) is 36.5. The predicted molar refractivity (Wildman–Crippen MR) is 401 cm³/mol. The van der Waals surface area contributed by atoms with Gasteiger partial charge in [-0.1, -0.05) is 71.6 Å². The van der Waals surface area contributed by atoms with Crippen molar-refractivity contribution < 1.29 is 57.2 Å². The minimum absolute atomic E-state index is 0.00638. The van der Waals surface area contributed by atoms with Gasteiger partial charge in [-0.3, -0.25) is 53.5 Å². The number of H-pyrrole nitrogens is 3. The Hall–Kier alpha value is -10.5. The minimum Gasteiger partial charge on any atom is -0.493 e. The predicted octanol–water partition coefficient (Wildman–Crippen LogP) is 12.6. The summed E-state index contributed by atoms with van der Waals surface area (Å²) in [6.45, 7) is 16.3. The average Bonchev–Trinajstić information content (AvgIpc) is 1.58. The summed E-state index contributed by atoms with van der Waals surface area (Å²) in [6, 6.07) is 15.5. The van der Waals surface area contributed by atoms with Crippen LogP contribution in [0.2, 0.25) is 0 Å². The highest BCUT2D eigenvalue weighted by Crippen LogP contribution is 2.47. The fraction of sp³-hybridized carbons (Fsp3) is 0.393. The molecule has 20 heteroatoms. The molecule has 16 bridgehead atoms. The summed E-state index contributed by atoms with van der Waals surface area (Å²) in [5.41, 5.74) is 16.2. The van der Waals surface area contributed by atoms with Gasteiger partial charge in [-0.25, -0.2) is 0 Å². The van der Waals surface area contributed by atoms with Crippen molar-refractivity contribution in [2.75, 3.05) is 21.3 Å². The maximum Gasteiger partial charge on any atom is 0.311 e. The molecule has 2 aliphatic carbocycles. The van der Waals surface area contributed by atoms with E-state index in [9.17, 15) is 33.6 Å². The molecule has 0 spiro atoms. The first kappa shape index (κ1) is 70.6. The van der Waals surface area contributed by atoms with Crippen LogP contribution in [0.4, 0.5) is 0 Å². The van der Waals surface area contributed by atoms with E-state index >= 15 is 0 Å². The number of nitrogens with zero attached hydrogens (tertiary/aromatic N) is 4. The minimum atomic E-state index is -0.997. The number of hydrogen-bond donors (Lipinski definition) is 4. The second-order valence-corrected chi connectivity index (χ2v) is 28.9. The number of hydrogen-bond acceptors (Lipinski definition) is 17. The monoisotopic (exact) mass is 1400 g/mol. The number of rotatable bonds is 22. The quantitative estimate of drug-likeness (QED) is 0.0217. The zero-order valence-electron chi connectivity index (χ0n) is 60.3. The number of methoxy groups -OCH3 is 3. The molecular weight excluding hydrogens is 1310 g/mol. The topological polar surface area (TPSA) is 274 Å². The third kappa shape index (κ3) is 13.8. The van der Waals surface area contributed by atoms with Crippen LogP contribution in [0, 0.1) is 35.5 Å². The van der Waals surface area contributed by atoms with Gasteiger partial charge < -0.3 is 44.0 Å². The van der Waals surface area contributed by atoms with Crippen molar-refractivity contribution in [3.63, 3.8) is 0 Å². The van der Waals surface area contributed by atoms with E-state index < -0.39 is 47.9 Å². The summed E-state index contributed by atoms with van der Waals surface area (Å²) < 4.78 is 29.2. The summed E-state index contributed by atoms with van der Waals surface area (Å²) in [5, 5.41) is 5.04. The first-order chi connectivity index (χ1) is 50.2. The van der Waals surface area contributed by atoms with Crippen LogP contribution in [0.25, 0.3) is 42.0 Å². The summed E-state index contributed by atoms with van der Waals surface area (Å²) in [6.07, 6.45) is 21.5. The lowest BCUT2D eigenvalue weighted by Crippen LogP contribution is -2.29. The third-order valence-electron chi connectivity index (χ3n) is 22.4. The number of allylic oxidation sites excluding steroid dienone is 7. The van der Waals surface area contributed by atoms with Crippen LogP contribution in [0.1, 0.15) is 186 Å². The van der Waals surface area contributed by atoms with Gasteiger partial charge in [0.1, 0.15) is 17.8 Å². The Morgan fingerprint density at radius 1 is 0.683 bits per heavy atom. The number of carbonyl (C=O) groups excluding carboxylic acids is 7. The summed E-state index contributed by atoms with van der Waals surface area (Å²) in [4.78, 5) is 128. The van der Waals surface area contributed by atoms with Gasteiger partial charge in [0.05, 0.1) is 49.7 Å². The van der Waals surface area contributed by atoms with Gasteiger partial charge in [0, 0.05) is 141 Å². The molecule has 4 N–H and O–H groups in total. The highest BCUT2D eigenvalue weighted by Gasteiger charge is 2.50. The number of Topliss-reactive ketones (excluding diaryl/α,β-unsaturated/α-hetero) is 3. The Morgan fingerprint density at radius 3 is 2.02 bits per heavy atom. The van der Waals surface area contributed by atoms with Crippen molar-refractivity contribution in [1.29, 1.82) is 0 Å². The molecule has 11 unspecified atom stereocenters. The van der Waals surface area contributed by atoms with Gasteiger partial charge in [0.15, 0.2) is 46.1 Å². The Labute approximate surface area is 604 Å². The van der Waals surface area contributed by atoms with Crippen LogP contribution < -0.4 is 35.0 Å². The van der Waals surface area contributed by atoms with E-state index in [4.69, 9.17) is 43.7 Å². The van der Waals surface area contributed by atoms with Crippen molar-refractivity contribution in [1.82, 2.24) is 20.3 Å². The number of benzene rings is 2. The zero-order valence-corrected chi connectivity index (χ0v) is 60.3. The number of aliphatic imine (C=N–C) groups is 4. The number of ether oxygens (including phenoxy) is 5. The summed E-state index contributed by atoms with van der Waals surface area (Å²) in [7, 11) is 4.46. The third-order valence-corrected chi connectivity index (χ3v) is 22.4. The first-order valence-electron chi connectivity index (χ1n) is 36.5. The van der Waals surface area contributed by atoms with Crippen LogP contribution in [0.5, 0.6) is 23.0 Å². The van der Waals surface area contributed by atoms with Crippen molar-refractivity contribution in [3.05, 3.63) is 169 Å². The highest BCUT2D eigenvalue weighted by molar-refractivity contribution is 6.35. The molecule has 536 valence electrons. The fourth-order valence-electron chi connectivity index (χ4n) is 16.7. The molecule has 2 aromatic carbocycles. The molecule has 0 saturated carbocycles. The number of fused-ring (bicyclic) bond motifs is 12. The maximum absolute atomic E-state index is 14.2. The average molecular weight is 1400 g/mol. The van der Waals surface area contributed by atoms with Gasteiger partial charge in [0.2, 0.25) is 0 Å². The fourth-order valence-corrected chi connectivity index (χ4v) is 16.7. The van der Waals surface area contributed by atoms with Gasteiger partial charge in [-0.15, -0.1) is 0 Å². The normalized spacial score (nSPS) is 26.5. The molecule has 7 aliphatic heterocycles. The molecule has 14 rings (SSSR count). The molecule has 3 aromatic heterocycles. The molecule has 20 nitrogen and oxygen atoms in total. The Kier molecular flexibility index (Phi) is 19.9. The lowest BCUT2D eigenvalue weighted by molar-refractivity contribution is -0.135.